The van der Waals surface area contributed by atoms with Gasteiger partial charge in [-0.25, -0.2) is 14.4 Å². The second-order valence-corrected chi connectivity index (χ2v) is 16.1. The predicted octanol–water partition coefficient (Wildman–Crippen LogP) is 5.61. The molecular weight excluding hydrogens is 582 g/mol. The largest absolute Gasteiger partial charge is 0.477 e. The fraction of sp³-hybridized carbons (Fsp3) is 0.697. The number of ketones is 1. The van der Waals surface area contributed by atoms with E-state index in [9.17, 15) is 24.3 Å². The number of carboxylic acids is 1. The molecule has 44 heavy (non-hydrogen) atoms. The zero-order chi connectivity index (χ0) is 32.8. The summed E-state index contributed by atoms with van der Waals surface area (Å²) in [4.78, 5) is 56.4. The lowest BCUT2D eigenvalue weighted by Crippen LogP contribution is -2.65. The molecule has 2 atom stereocenters. The summed E-state index contributed by atoms with van der Waals surface area (Å²) in [5.74, 6) is 5.13. The summed E-state index contributed by atoms with van der Waals surface area (Å²) >= 11 is 1.03. The third kappa shape index (κ3) is 7.40. The quantitative estimate of drug-likeness (QED) is 0.401. The number of carboxylic acid groups (broad SMARTS) is 1. The number of hydrogen-bond donors (Lipinski definition) is 2. The standard InChI is InChI=1S/C33H47N3O7S/c1-20-9-11-21(12-10-20)24(37)26-33(34,23-17-22(13-14-30(2,3)4)44-25(23)27(38)39)15-16-36(26)29(41)43-32(8)18-35(19-32)28(40)42-31(5,6)7/h17,20-21,26H,9-12,15-16,18-19,34H2,1-8H3,(H,38,39)/t20-,21-,26?,33-/m0/s1. The van der Waals surface area contributed by atoms with Gasteiger partial charge in [0.1, 0.15) is 22.1 Å². The van der Waals surface area contributed by atoms with Crippen molar-refractivity contribution < 1.29 is 33.8 Å². The summed E-state index contributed by atoms with van der Waals surface area (Å²) in [7, 11) is 0. The maximum Gasteiger partial charge on any atom is 0.411 e. The van der Waals surface area contributed by atoms with E-state index in [-0.39, 0.29) is 48.0 Å². The molecule has 10 nitrogen and oxygen atoms in total. The zero-order valence-corrected chi connectivity index (χ0v) is 28.1. The molecule has 1 aliphatic carbocycles. The Morgan fingerprint density at radius 3 is 2.20 bits per heavy atom. The van der Waals surface area contributed by atoms with Gasteiger partial charge < -0.3 is 25.2 Å². The number of likely N-dealkylation sites (tertiary alicyclic amines) is 2. The van der Waals surface area contributed by atoms with Gasteiger partial charge in [-0.15, -0.1) is 11.3 Å². The van der Waals surface area contributed by atoms with Crippen LogP contribution in [-0.2, 0) is 19.8 Å². The third-order valence-electron chi connectivity index (χ3n) is 8.51. The number of hydrogen-bond acceptors (Lipinski definition) is 8. The average Bonchev–Trinajstić information content (AvgIpc) is 3.47. The van der Waals surface area contributed by atoms with Gasteiger partial charge >= 0.3 is 18.2 Å². The molecule has 1 aromatic rings. The summed E-state index contributed by atoms with van der Waals surface area (Å²) in [5.41, 5.74) is 4.07. The number of thiophene rings is 1. The van der Waals surface area contributed by atoms with Gasteiger partial charge in [0.25, 0.3) is 0 Å². The molecule has 4 rings (SSSR count). The molecule has 2 amide bonds. The second-order valence-electron chi connectivity index (χ2n) is 15.1. The first-order valence-electron chi connectivity index (χ1n) is 15.4. The van der Waals surface area contributed by atoms with Crippen LogP contribution in [-0.4, -0.2) is 75.7 Å². The molecule has 2 aliphatic heterocycles. The maximum absolute atomic E-state index is 14.3. The van der Waals surface area contributed by atoms with Crippen molar-refractivity contribution in [1.82, 2.24) is 9.80 Å². The van der Waals surface area contributed by atoms with E-state index in [0.717, 1.165) is 24.2 Å². The fourth-order valence-corrected chi connectivity index (χ4v) is 7.21. The van der Waals surface area contributed by atoms with Crippen molar-refractivity contribution in [2.24, 2.45) is 23.0 Å². The van der Waals surface area contributed by atoms with Crippen LogP contribution in [0.4, 0.5) is 9.59 Å². The Balaban J connectivity index is 1.64. The Bertz CT molecular complexity index is 1360. The van der Waals surface area contributed by atoms with Gasteiger partial charge in [-0.3, -0.25) is 9.69 Å². The minimum atomic E-state index is -1.44. The topological polar surface area (TPSA) is 139 Å². The van der Waals surface area contributed by atoms with Crippen LogP contribution in [0.5, 0.6) is 0 Å². The maximum atomic E-state index is 14.3. The van der Waals surface area contributed by atoms with Crippen molar-refractivity contribution in [2.45, 2.75) is 110 Å². The molecule has 1 saturated carbocycles. The van der Waals surface area contributed by atoms with Gasteiger partial charge in [0.05, 0.1) is 23.5 Å². The molecule has 2 saturated heterocycles. The van der Waals surface area contributed by atoms with E-state index < -0.39 is 40.9 Å². The number of aromatic carboxylic acids is 1. The van der Waals surface area contributed by atoms with Crippen LogP contribution in [0.15, 0.2) is 6.07 Å². The number of ether oxygens (including phenoxy) is 2. The van der Waals surface area contributed by atoms with E-state index >= 15 is 0 Å². The number of amides is 2. The van der Waals surface area contributed by atoms with E-state index in [2.05, 4.69) is 18.8 Å². The van der Waals surface area contributed by atoms with Gasteiger partial charge in [-0.2, -0.15) is 0 Å². The van der Waals surface area contributed by atoms with Crippen LogP contribution in [0.1, 0.15) is 108 Å². The summed E-state index contributed by atoms with van der Waals surface area (Å²) in [6.07, 6.45) is 2.17. The minimum absolute atomic E-state index is 0.0231. The van der Waals surface area contributed by atoms with E-state index in [1.54, 1.807) is 33.8 Å². The molecule has 3 heterocycles. The van der Waals surface area contributed by atoms with Crippen LogP contribution in [0.25, 0.3) is 0 Å². The fourth-order valence-electron chi connectivity index (χ4n) is 6.26. The van der Waals surface area contributed by atoms with Gasteiger partial charge in [0.15, 0.2) is 5.78 Å². The molecule has 0 spiro atoms. The van der Waals surface area contributed by atoms with Crippen LogP contribution >= 0.6 is 11.3 Å². The summed E-state index contributed by atoms with van der Waals surface area (Å²) in [5, 5.41) is 10.2. The normalized spacial score (nSPS) is 26.7. The van der Waals surface area contributed by atoms with Gasteiger partial charge in [0, 0.05) is 23.4 Å². The first kappa shape index (κ1) is 33.8. The van der Waals surface area contributed by atoms with Crippen molar-refractivity contribution in [1.29, 1.82) is 0 Å². The van der Waals surface area contributed by atoms with Gasteiger partial charge in [-0.05, 0) is 79.7 Å². The number of carbonyl (C=O) groups is 4. The molecule has 242 valence electrons. The highest BCUT2D eigenvalue weighted by molar-refractivity contribution is 7.14. The summed E-state index contributed by atoms with van der Waals surface area (Å²) in [6, 6.07) is 0.576. The van der Waals surface area contributed by atoms with Crippen molar-refractivity contribution in [3.8, 4) is 11.8 Å². The SMILES string of the molecule is CC(C)(C)C#Cc1cc([C@@]2(N)CCN(C(=O)OC3(C)CN(C(=O)OC(C)(C)C)C3)C2C(=O)[C@H]2CC[C@H](C)CC2)c(C(=O)O)s1. The smallest absolute Gasteiger partial charge is 0.411 e. The average molecular weight is 630 g/mol. The van der Waals surface area contributed by atoms with E-state index in [1.165, 1.54) is 9.80 Å². The van der Waals surface area contributed by atoms with E-state index in [0.29, 0.717) is 29.2 Å². The molecule has 0 bridgehead atoms. The third-order valence-corrected chi connectivity index (χ3v) is 9.55. The summed E-state index contributed by atoms with van der Waals surface area (Å²) in [6.45, 7) is 15.6. The number of Topliss-reactive ketones (excluding diaryl/α,β-unsaturated/α-hetero) is 1. The lowest BCUT2D eigenvalue weighted by molar-refractivity contribution is -0.132. The lowest BCUT2D eigenvalue weighted by Gasteiger charge is -2.47. The van der Waals surface area contributed by atoms with Gasteiger partial charge in [-0.1, -0.05) is 31.6 Å². The monoisotopic (exact) mass is 629 g/mol. The van der Waals surface area contributed by atoms with Crippen LogP contribution in [0.3, 0.4) is 0 Å². The molecule has 3 fully saturated rings. The van der Waals surface area contributed by atoms with Crippen molar-refractivity contribution in [3.63, 3.8) is 0 Å². The van der Waals surface area contributed by atoms with Crippen LogP contribution in [0, 0.1) is 29.1 Å². The first-order chi connectivity index (χ1) is 20.2. The molecule has 3 aliphatic rings. The second kappa shape index (κ2) is 12.0. The van der Waals surface area contributed by atoms with E-state index in [4.69, 9.17) is 15.2 Å². The van der Waals surface area contributed by atoms with Crippen LogP contribution in [0.2, 0.25) is 0 Å². The molecule has 3 N–H and O–H groups in total. The Labute approximate surface area is 264 Å². The predicted molar refractivity (Wildman–Crippen MR) is 167 cm³/mol. The Morgan fingerprint density at radius 1 is 1.05 bits per heavy atom. The van der Waals surface area contributed by atoms with Crippen LogP contribution < -0.4 is 5.73 Å². The van der Waals surface area contributed by atoms with E-state index in [1.807, 2.05) is 20.8 Å². The highest BCUT2D eigenvalue weighted by Gasteiger charge is 2.56. The van der Waals surface area contributed by atoms with Crippen molar-refractivity contribution in [3.05, 3.63) is 21.4 Å². The van der Waals surface area contributed by atoms with Crippen molar-refractivity contribution in [2.75, 3.05) is 19.6 Å². The van der Waals surface area contributed by atoms with Gasteiger partial charge in [0.2, 0.25) is 0 Å². The Morgan fingerprint density at radius 2 is 1.66 bits per heavy atom. The number of nitrogens with two attached hydrogens (primary N) is 1. The Kier molecular flexibility index (Phi) is 9.22. The lowest BCUT2D eigenvalue weighted by atomic mass is 9.74. The Hall–Kier alpha value is -3.10. The number of rotatable bonds is 5. The summed E-state index contributed by atoms with van der Waals surface area (Å²) < 4.78 is 11.4. The first-order valence-corrected chi connectivity index (χ1v) is 16.2. The zero-order valence-electron chi connectivity index (χ0n) is 27.2. The highest BCUT2D eigenvalue weighted by Crippen LogP contribution is 2.44. The highest BCUT2D eigenvalue weighted by atomic mass is 32.1. The molecule has 1 aromatic heterocycles. The van der Waals surface area contributed by atoms with Crippen molar-refractivity contribution >= 4 is 35.3 Å². The molecule has 0 aromatic carbocycles. The molecule has 11 heteroatoms. The molecule has 0 radical (unpaired) electrons. The minimum Gasteiger partial charge on any atom is -0.477 e. The number of carbonyl (C=O) groups excluding carboxylic acids is 3. The molecule has 1 unspecified atom stereocenters. The molecular formula is C33H47N3O7S. The number of nitrogens with zero attached hydrogens (tertiary/aromatic N) is 2.